The average Bonchev–Trinajstić information content (AvgIpc) is 1.99. The maximum atomic E-state index is 10.5. The van der Waals surface area contributed by atoms with Crippen LogP contribution in [0.25, 0.3) is 0 Å². The average molecular weight is 172 g/mol. The van der Waals surface area contributed by atoms with Crippen LogP contribution in [0.3, 0.4) is 0 Å². The molecule has 3 nitrogen and oxygen atoms in total. The van der Waals surface area contributed by atoms with E-state index in [1.807, 2.05) is 6.92 Å². The van der Waals surface area contributed by atoms with Crippen LogP contribution in [-0.4, -0.2) is 18.5 Å². The first-order valence-electron chi connectivity index (χ1n) is 4.58. The Morgan fingerprint density at radius 2 is 2.08 bits per heavy atom. The lowest BCUT2D eigenvalue weighted by molar-refractivity contribution is -0.118. The molecule has 0 aromatic carbocycles. The topological polar surface area (TPSA) is 55.1 Å². The van der Waals surface area contributed by atoms with Gasteiger partial charge >= 0.3 is 0 Å². The van der Waals surface area contributed by atoms with Crippen molar-refractivity contribution in [1.29, 1.82) is 0 Å². The third-order valence-electron chi connectivity index (χ3n) is 2.02. The number of amides is 1. The molecule has 0 saturated heterocycles. The van der Waals surface area contributed by atoms with Crippen molar-refractivity contribution in [1.82, 2.24) is 5.32 Å². The van der Waals surface area contributed by atoms with Crippen LogP contribution in [0.2, 0.25) is 0 Å². The fourth-order valence-electron chi connectivity index (χ4n) is 0.921. The number of carbonyl (C=O) groups is 1. The second-order valence-electron chi connectivity index (χ2n) is 3.49. The summed E-state index contributed by atoms with van der Waals surface area (Å²) in [6, 6.07) is 0.205. The quantitative estimate of drug-likeness (QED) is 0.625. The van der Waals surface area contributed by atoms with E-state index in [1.165, 1.54) is 0 Å². The number of hydrogen-bond donors (Lipinski definition) is 2. The minimum absolute atomic E-state index is 0.205. The largest absolute Gasteiger partial charge is 0.370 e. The van der Waals surface area contributed by atoms with Gasteiger partial charge in [0.1, 0.15) is 0 Å². The van der Waals surface area contributed by atoms with Crippen LogP contribution in [0.5, 0.6) is 0 Å². The standard InChI is InChI=1S/C9H20N2O/c1-4-7(2)6-11-8(3)5-9(10)12/h7-8,11H,4-6H2,1-3H3,(H2,10,12). The van der Waals surface area contributed by atoms with Crippen molar-refractivity contribution in [3.63, 3.8) is 0 Å². The maximum absolute atomic E-state index is 10.5. The van der Waals surface area contributed by atoms with Crippen molar-refractivity contribution in [3.05, 3.63) is 0 Å². The molecular formula is C9H20N2O. The molecule has 0 saturated carbocycles. The molecule has 2 atom stereocenters. The Kier molecular flexibility index (Phi) is 5.72. The van der Waals surface area contributed by atoms with Crippen molar-refractivity contribution in [2.75, 3.05) is 6.54 Å². The molecule has 0 spiro atoms. The molecule has 3 heteroatoms. The summed E-state index contributed by atoms with van der Waals surface area (Å²) in [5.74, 6) is 0.430. The van der Waals surface area contributed by atoms with Crippen molar-refractivity contribution in [3.8, 4) is 0 Å². The van der Waals surface area contributed by atoms with Crippen molar-refractivity contribution in [2.45, 2.75) is 39.7 Å². The van der Waals surface area contributed by atoms with Gasteiger partial charge in [-0.25, -0.2) is 0 Å². The van der Waals surface area contributed by atoms with Gasteiger partial charge < -0.3 is 11.1 Å². The van der Waals surface area contributed by atoms with E-state index in [1.54, 1.807) is 0 Å². The predicted octanol–water partition coefficient (Wildman–Crippen LogP) is 0.886. The summed E-state index contributed by atoms with van der Waals surface area (Å²) < 4.78 is 0. The molecule has 0 aromatic rings. The number of nitrogens with one attached hydrogen (secondary N) is 1. The lowest BCUT2D eigenvalue weighted by Gasteiger charge is -2.15. The molecule has 0 aliphatic carbocycles. The first-order chi connectivity index (χ1) is 5.56. The predicted molar refractivity (Wildman–Crippen MR) is 50.7 cm³/mol. The Morgan fingerprint density at radius 3 is 2.50 bits per heavy atom. The number of hydrogen-bond acceptors (Lipinski definition) is 2. The number of primary amides is 1. The van der Waals surface area contributed by atoms with E-state index < -0.39 is 0 Å². The molecule has 3 N–H and O–H groups in total. The number of carbonyl (C=O) groups excluding carboxylic acids is 1. The summed E-state index contributed by atoms with van der Waals surface area (Å²) in [4.78, 5) is 10.5. The van der Waals surface area contributed by atoms with Gasteiger partial charge in [-0.2, -0.15) is 0 Å². The highest BCUT2D eigenvalue weighted by Gasteiger charge is 2.06. The van der Waals surface area contributed by atoms with Crippen LogP contribution >= 0.6 is 0 Å². The second kappa shape index (κ2) is 6.00. The van der Waals surface area contributed by atoms with E-state index in [2.05, 4.69) is 19.2 Å². The first-order valence-corrected chi connectivity index (χ1v) is 4.58. The highest BCUT2D eigenvalue weighted by atomic mass is 16.1. The molecular weight excluding hydrogens is 152 g/mol. The maximum Gasteiger partial charge on any atom is 0.218 e. The van der Waals surface area contributed by atoms with Gasteiger partial charge in [-0.15, -0.1) is 0 Å². The van der Waals surface area contributed by atoms with E-state index in [0.717, 1.165) is 13.0 Å². The van der Waals surface area contributed by atoms with Crippen LogP contribution < -0.4 is 11.1 Å². The molecule has 0 bridgehead atoms. The summed E-state index contributed by atoms with van der Waals surface area (Å²) in [7, 11) is 0. The smallest absolute Gasteiger partial charge is 0.218 e. The Balaban J connectivity index is 3.43. The molecule has 0 heterocycles. The van der Waals surface area contributed by atoms with Gasteiger partial charge in [-0.05, 0) is 19.4 Å². The first kappa shape index (κ1) is 11.4. The van der Waals surface area contributed by atoms with E-state index in [4.69, 9.17) is 5.73 Å². The lowest BCUT2D eigenvalue weighted by Crippen LogP contribution is -2.33. The Morgan fingerprint density at radius 1 is 1.50 bits per heavy atom. The van der Waals surface area contributed by atoms with Crippen LogP contribution in [-0.2, 0) is 4.79 Å². The molecule has 12 heavy (non-hydrogen) atoms. The molecule has 1 amide bonds. The number of nitrogens with two attached hydrogens (primary N) is 1. The highest BCUT2D eigenvalue weighted by Crippen LogP contribution is 1.99. The van der Waals surface area contributed by atoms with Gasteiger partial charge in [0, 0.05) is 12.5 Å². The zero-order chi connectivity index (χ0) is 9.56. The van der Waals surface area contributed by atoms with Gasteiger partial charge in [0.2, 0.25) is 5.91 Å². The fourth-order valence-corrected chi connectivity index (χ4v) is 0.921. The van der Waals surface area contributed by atoms with Crippen LogP contribution in [0, 0.1) is 5.92 Å². The van der Waals surface area contributed by atoms with Gasteiger partial charge in [-0.1, -0.05) is 20.3 Å². The van der Waals surface area contributed by atoms with E-state index >= 15 is 0 Å². The minimum atomic E-state index is -0.237. The Bertz CT molecular complexity index is 136. The zero-order valence-electron chi connectivity index (χ0n) is 8.26. The van der Waals surface area contributed by atoms with E-state index in [9.17, 15) is 4.79 Å². The molecule has 0 fully saturated rings. The van der Waals surface area contributed by atoms with E-state index in [-0.39, 0.29) is 11.9 Å². The monoisotopic (exact) mass is 172 g/mol. The third kappa shape index (κ3) is 6.16. The van der Waals surface area contributed by atoms with Gasteiger partial charge in [0.15, 0.2) is 0 Å². The summed E-state index contributed by atoms with van der Waals surface area (Å²) in [5, 5.41) is 3.26. The van der Waals surface area contributed by atoms with E-state index in [0.29, 0.717) is 12.3 Å². The Hall–Kier alpha value is -0.570. The van der Waals surface area contributed by atoms with Gasteiger partial charge in [0.25, 0.3) is 0 Å². The van der Waals surface area contributed by atoms with Crippen LogP contribution in [0.1, 0.15) is 33.6 Å². The summed E-state index contributed by atoms with van der Waals surface area (Å²) in [6.07, 6.45) is 1.59. The lowest BCUT2D eigenvalue weighted by atomic mass is 10.1. The summed E-state index contributed by atoms with van der Waals surface area (Å²) in [6.45, 7) is 7.28. The fraction of sp³-hybridized carbons (Fsp3) is 0.889. The van der Waals surface area contributed by atoms with Gasteiger partial charge in [-0.3, -0.25) is 4.79 Å². The molecule has 0 aliphatic rings. The van der Waals surface area contributed by atoms with Crippen molar-refractivity contribution >= 4 is 5.91 Å². The SMILES string of the molecule is CCC(C)CNC(C)CC(N)=O. The molecule has 0 aromatic heterocycles. The normalized spacial score (nSPS) is 15.6. The van der Waals surface area contributed by atoms with Crippen LogP contribution in [0.4, 0.5) is 0 Å². The van der Waals surface area contributed by atoms with Crippen molar-refractivity contribution < 1.29 is 4.79 Å². The molecule has 0 rings (SSSR count). The zero-order valence-corrected chi connectivity index (χ0v) is 8.26. The van der Waals surface area contributed by atoms with Crippen molar-refractivity contribution in [2.24, 2.45) is 11.7 Å². The molecule has 0 radical (unpaired) electrons. The summed E-state index contributed by atoms with van der Waals surface area (Å²) in [5.41, 5.74) is 5.05. The second-order valence-corrected chi connectivity index (χ2v) is 3.49. The Labute approximate surface area is 74.7 Å². The van der Waals surface area contributed by atoms with Crippen LogP contribution in [0.15, 0.2) is 0 Å². The van der Waals surface area contributed by atoms with Gasteiger partial charge in [0.05, 0.1) is 0 Å². The number of rotatable bonds is 6. The third-order valence-corrected chi connectivity index (χ3v) is 2.02. The molecule has 2 unspecified atom stereocenters. The summed E-state index contributed by atoms with van der Waals surface area (Å²) >= 11 is 0. The molecule has 72 valence electrons. The minimum Gasteiger partial charge on any atom is -0.370 e. The molecule has 0 aliphatic heterocycles. The highest BCUT2D eigenvalue weighted by molar-refractivity contribution is 5.74.